The predicted octanol–water partition coefficient (Wildman–Crippen LogP) is 2.96. The zero-order valence-electron chi connectivity index (χ0n) is 16.2. The van der Waals surface area contributed by atoms with E-state index in [1.807, 2.05) is 0 Å². The van der Waals surface area contributed by atoms with Gasteiger partial charge < -0.3 is 0 Å². The Labute approximate surface area is 173 Å². The highest BCUT2D eigenvalue weighted by molar-refractivity contribution is 6.22. The van der Waals surface area contributed by atoms with Gasteiger partial charge in [0.2, 0.25) is 0 Å². The molecule has 2 heterocycles. The van der Waals surface area contributed by atoms with E-state index in [1.54, 1.807) is 0 Å². The number of carbonyl (C=O) groups is 4. The van der Waals surface area contributed by atoms with E-state index in [0.29, 0.717) is 0 Å². The van der Waals surface area contributed by atoms with Crippen molar-refractivity contribution in [2.75, 3.05) is 20.8 Å². The number of hydrogen-bond acceptors (Lipinski definition) is 4. The number of amides is 4. The molecule has 4 rings (SSSR count). The predicted molar refractivity (Wildman–Crippen MR) is 98.5 cm³/mol. The molecule has 0 N–H and O–H groups in total. The van der Waals surface area contributed by atoms with Crippen molar-refractivity contribution < 1.29 is 36.7 Å². The third-order valence-corrected chi connectivity index (χ3v) is 5.85. The van der Waals surface area contributed by atoms with Gasteiger partial charge in [-0.05, 0) is 35.4 Å². The van der Waals surface area contributed by atoms with Gasteiger partial charge in [0.1, 0.15) is 12.1 Å². The van der Waals surface area contributed by atoms with Gasteiger partial charge in [0.25, 0.3) is 23.6 Å². The van der Waals surface area contributed by atoms with E-state index in [4.69, 9.17) is 0 Å². The smallest absolute Gasteiger partial charge is 0.277 e. The number of alkyl halides is 4. The summed E-state index contributed by atoms with van der Waals surface area (Å²) in [6, 6.07) is 5.73. The fraction of sp³-hybridized carbons (Fsp3) is 0.238. The number of benzene rings is 2. The van der Waals surface area contributed by atoms with Crippen molar-refractivity contribution in [3.8, 4) is 0 Å². The standard InChI is InChI=1S/C21H14F4N2O4/c1-26-16(28)12-5-3-10(7-14(12)18(26)30)20(9-22,21(23,24)25)11-4-6-13-15(8-11)19(31)27(2)17(13)29/h3-8H,9H2,1-2H3. The van der Waals surface area contributed by atoms with Crippen molar-refractivity contribution in [2.24, 2.45) is 0 Å². The van der Waals surface area contributed by atoms with Gasteiger partial charge in [-0.1, -0.05) is 12.1 Å². The van der Waals surface area contributed by atoms with E-state index < -0.39 is 53.0 Å². The van der Waals surface area contributed by atoms with Crippen LogP contribution in [-0.2, 0) is 5.41 Å². The second kappa shape index (κ2) is 6.47. The van der Waals surface area contributed by atoms with Crippen LogP contribution in [0.2, 0.25) is 0 Å². The number of halogens is 4. The molecule has 0 spiro atoms. The van der Waals surface area contributed by atoms with E-state index in [0.717, 1.165) is 46.2 Å². The van der Waals surface area contributed by atoms with Crippen molar-refractivity contribution in [1.82, 2.24) is 9.80 Å². The fourth-order valence-electron chi connectivity index (χ4n) is 3.98. The molecule has 2 aromatic carbocycles. The minimum absolute atomic E-state index is 0.0810. The molecule has 4 amide bonds. The van der Waals surface area contributed by atoms with Crippen molar-refractivity contribution in [3.63, 3.8) is 0 Å². The van der Waals surface area contributed by atoms with Crippen molar-refractivity contribution in [1.29, 1.82) is 0 Å². The Morgan fingerprint density at radius 1 is 0.677 bits per heavy atom. The summed E-state index contributed by atoms with van der Waals surface area (Å²) in [7, 11) is 2.38. The lowest BCUT2D eigenvalue weighted by molar-refractivity contribution is -0.182. The molecule has 0 saturated carbocycles. The maximum Gasteiger partial charge on any atom is 0.404 e. The number of hydrogen-bond donors (Lipinski definition) is 0. The van der Waals surface area contributed by atoms with Crippen LogP contribution < -0.4 is 0 Å². The molecule has 0 saturated heterocycles. The Bertz CT molecular complexity index is 1110. The van der Waals surface area contributed by atoms with E-state index >= 15 is 0 Å². The Balaban J connectivity index is 1.97. The third kappa shape index (κ3) is 2.57. The zero-order chi connectivity index (χ0) is 22.9. The Morgan fingerprint density at radius 2 is 1.03 bits per heavy atom. The van der Waals surface area contributed by atoms with Gasteiger partial charge in [0.15, 0.2) is 0 Å². The van der Waals surface area contributed by atoms with Gasteiger partial charge in [-0.25, -0.2) is 4.39 Å². The molecule has 0 aliphatic carbocycles. The molecule has 0 aromatic heterocycles. The van der Waals surface area contributed by atoms with Gasteiger partial charge in [-0.2, -0.15) is 13.2 Å². The van der Waals surface area contributed by atoms with Crippen LogP contribution in [0.1, 0.15) is 52.6 Å². The summed E-state index contributed by atoms with van der Waals surface area (Å²) in [5.41, 5.74) is -5.10. The second-order valence-electron chi connectivity index (χ2n) is 7.40. The van der Waals surface area contributed by atoms with E-state index in [9.17, 15) is 36.7 Å². The highest BCUT2D eigenvalue weighted by Crippen LogP contribution is 2.48. The zero-order valence-corrected chi connectivity index (χ0v) is 16.2. The summed E-state index contributed by atoms with van der Waals surface area (Å²) in [5, 5.41) is 0. The molecule has 6 nitrogen and oxygen atoms in total. The van der Waals surface area contributed by atoms with Crippen molar-refractivity contribution >= 4 is 23.6 Å². The average Bonchev–Trinajstić information content (AvgIpc) is 3.08. The Hall–Kier alpha value is -3.56. The van der Waals surface area contributed by atoms with E-state index in [2.05, 4.69) is 0 Å². The summed E-state index contributed by atoms with van der Waals surface area (Å²) in [6.45, 7) is -1.93. The molecule has 2 aliphatic rings. The van der Waals surface area contributed by atoms with Crippen LogP contribution in [0.3, 0.4) is 0 Å². The van der Waals surface area contributed by atoms with Gasteiger partial charge >= 0.3 is 6.18 Å². The van der Waals surface area contributed by atoms with E-state index in [1.165, 1.54) is 14.1 Å². The maximum atomic E-state index is 14.4. The van der Waals surface area contributed by atoms with Crippen LogP contribution in [0.25, 0.3) is 0 Å². The summed E-state index contributed by atoms with van der Waals surface area (Å²) in [4.78, 5) is 50.2. The highest BCUT2D eigenvalue weighted by atomic mass is 19.4. The minimum atomic E-state index is -5.17. The molecule has 0 atom stereocenters. The van der Waals surface area contributed by atoms with Crippen LogP contribution in [0.4, 0.5) is 17.6 Å². The molecular weight excluding hydrogens is 420 g/mol. The molecular formula is C21H14F4N2O4. The number of rotatable bonds is 3. The Morgan fingerprint density at radius 3 is 1.35 bits per heavy atom. The first-order valence-corrected chi connectivity index (χ1v) is 9.02. The summed E-state index contributed by atoms with van der Waals surface area (Å²) in [6.07, 6.45) is -5.17. The van der Waals surface area contributed by atoms with E-state index in [-0.39, 0.29) is 22.3 Å². The largest absolute Gasteiger partial charge is 0.404 e. The molecule has 2 aliphatic heterocycles. The molecule has 160 valence electrons. The number of fused-ring (bicyclic) bond motifs is 2. The third-order valence-electron chi connectivity index (χ3n) is 5.85. The second-order valence-corrected chi connectivity index (χ2v) is 7.40. The normalized spacial score (nSPS) is 16.3. The molecule has 0 fully saturated rings. The maximum absolute atomic E-state index is 14.4. The minimum Gasteiger partial charge on any atom is -0.277 e. The number of nitrogens with zero attached hydrogens (tertiary/aromatic N) is 2. The lowest BCUT2D eigenvalue weighted by Gasteiger charge is -2.34. The number of carbonyl (C=O) groups excluding carboxylic acids is 4. The van der Waals surface area contributed by atoms with Gasteiger partial charge in [-0.3, -0.25) is 29.0 Å². The summed E-state index contributed by atoms with van der Waals surface area (Å²) in [5.74, 6) is -2.94. The Kier molecular flexibility index (Phi) is 4.32. The van der Waals surface area contributed by atoms with Crippen molar-refractivity contribution in [2.45, 2.75) is 11.6 Å². The first-order chi connectivity index (χ1) is 14.5. The summed E-state index contributed by atoms with van der Waals surface area (Å²) < 4.78 is 57.5. The molecule has 31 heavy (non-hydrogen) atoms. The van der Waals surface area contributed by atoms with Crippen LogP contribution in [-0.4, -0.2) is 60.4 Å². The quantitative estimate of drug-likeness (QED) is 0.550. The van der Waals surface area contributed by atoms with Gasteiger partial charge in [0.05, 0.1) is 22.3 Å². The average molecular weight is 434 g/mol. The van der Waals surface area contributed by atoms with Crippen LogP contribution in [0.15, 0.2) is 36.4 Å². The highest BCUT2D eigenvalue weighted by Gasteiger charge is 2.58. The molecule has 0 radical (unpaired) electrons. The van der Waals surface area contributed by atoms with Crippen LogP contribution >= 0.6 is 0 Å². The molecule has 0 unspecified atom stereocenters. The molecule has 0 bridgehead atoms. The monoisotopic (exact) mass is 434 g/mol. The van der Waals surface area contributed by atoms with Crippen LogP contribution in [0, 0.1) is 0 Å². The SMILES string of the molecule is CN1C(=O)c2ccc(C(CF)(c3ccc4c(c3)C(=O)N(C)C4=O)C(F)(F)F)cc2C1=O. The first-order valence-electron chi connectivity index (χ1n) is 9.02. The number of imide groups is 2. The lowest BCUT2D eigenvalue weighted by Crippen LogP contribution is -2.45. The van der Waals surface area contributed by atoms with Crippen LogP contribution in [0.5, 0.6) is 0 Å². The first kappa shape index (κ1) is 20.7. The molecule has 2 aromatic rings. The van der Waals surface area contributed by atoms with Gasteiger partial charge in [-0.15, -0.1) is 0 Å². The fourth-order valence-corrected chi connectivity index (χ4v) is 3.98. The topological polar surface area (TPSA) is 74.8 Å². The molecule has 10 heteroatoms. The summed E-state index contributed by atoms with van der Waals surface area (Å²) >= 11 is 0. The lowest BCUT2D eigenvalue weighted by atomic mass is 9.73. The van der Waals surface area contributed by atoms with Crippen molar-refractivity contribution in [3.05, 3.63) is 69.8 Å². The van der Waals surface area contributed by atoms with Gasteiger partial charge in [0, 0.05) is 14.1 Å².